The molecular weight excluding hydrogens is 357 g/mol. The highest BCUT2D eigenvalue weighted by Gasteiger charge is 2.46. The summed E-state index contributed by atoms with van der Waals surface area (Å²) in [5, 5.41) is 7.41. The van der Waals surface area contributed by atoms with Gasteiger partial charge in [0.25, 0.3) is 0 Å². The Morgan fingerprint density at radius 2 is 2.11 bits per heavy atom. The van der Waals surface area contributed by atoms with Gasteiger partial charge < -0.3 is 10.2 Å². The lowest BCUT2D eigenvalue weighted by molar-refractivity contribution is -0.173. The summed E-state index contributed by atoms with van der Waals surface area (Å²) in [4.78, 5) is 14.6. The number of amides is 1. The fourth-order valence-corrected chi connectivity index (χ4v) is 4.45. The number of halogens is 3. The van der Waals surface area contributed by atoms with Crippen LogP contribution in [0.15, 0.2) is 18.2 Å². The highest BCUT2D eigenvalue weighted by atomic mass is 19.4. The Bertz CT molecular complexity index is 742. The second kappa shape index (κ2) is 6.87. The van der Waals surface area contributed by atoms with E-state index >= 15 is 0 Å². The van der Waals surface area contributed by atoms with Crippen LogP contribution in [0.25, 0.3) is 0 Å². The van der Waals surface area contributed by atoms with Gasteiger partial charge in [0.15, 0.2) is 6.04 Å². The topological polar surface area (TPSA) is 50.2 Å². The molecule has 27 heavy (non-hydrogen) atoms. The molecule has 1 saturated heterocycles. The lowest BCUT2D eigenvalue weighted by Gasteiger charge is -2.31. The number of allylic oxidation sites excluding steroid dienone is 2. The number of nitrogens with zero attached hydrogens (tertiary/aromatic N) is 3. The molecule has 4 atom stereocenters. The standard InChI is InChI=1S/C19H25F3N4O/c1-12-9-16(19(20,21)22)26-17(23-12)10-15(24-26)14-7-8-25(11-14)18(27)13-5-3-2-4-6-13/h2-3,10,12-14,16,23H,4-9,11H2,1H3/t12-,13-,14+,16-/m1/s1. The molecule has 0 unspecified atom stereocenters. The Morgan fingerprint density at radius 3 is 2.81 bits per heavy atom. The van der Waals surface area contributed by atoms with E-state index < -0.39 is 12.2 Å². The molecule has 1 aromatic heterocycles. The zero-order valence-corrected chi connectivity index (χ0v) is 15.4. The third kappa shape index (κ3) is 3.58. The lowest BCUT2D eigenvalue weighted by atomic mass is 9.93. The Hall–Kier alpha value is -1.99. The minimum atomic E-state index is -4.32. The number of carbonyl (C=O) groups excluding carboxylic acids is 1. The van der Waals surface area contributed by atoms with Crippen LogP contribution >= 0.6 is 0 Å². The van der Waals surface area contributed by atoms with Crippen LogP contribution in [0.3, 0.4) is 0 Å². The Balaban J connectivity index is 1.49. The van der Waals surface area contributed by atoms with Crippen molar-refractivity contribution in [3.63, 3.8) is 0 Å². The maximum atomic E-state index is 13.4. The third-order valence-electron chi connectivity index (χ3n) is 5.94. The van der Waals surface area contributed by atoms with Crippen LogP contribution in [-0.2, 0) is 4.79 Å². The third-order valence-corrected chi connectivity index (χ3v) is 5.94. The first-order valence-corrected chi connectivity index (χ1v) is 9.69. The average Bonchev–Trinajstić information content (AvgIpc) is 3.27. The molecule has 0 spiro atoms. The maximum absolute atomic E-state index is 13.4. The molecule has 0 aromatic carbocycles. The van der Waals surface area contributed by atoms with Gasteiger partial charge in [0.1, 0.15) is 5.82 Å². The number of alkyl halides is 3. The highest BCUT2D eigenvalue weighted by molar-refractivity contribution is 5.79. The van der Waals surface area contributed by atoms with Crippen LogP contribution in [0.5, 0.6) is 0 Å². The van der Waals surface area contributed by atoms with E-state index in [-0.39, 0.29) is 30.2 Å². The van der Waals surface area contributed by atoms with Gasteiger partial charge in [-0.15, -0.1) is 0 Å². The van der Waals surface area contributed by atoms with E-state index in [1.165, 1.54) is 0 Å². The van der Waals surface area contributed by atoms with Crippen molar-refractivity contribution in [1.82, 2.24) is 14.7 Å². The normalized spacial score (nSPS) is 30.9. The molecule has 2 aliphatic heterocycles. The van der Waals surface area contributed by atoms with Crippen molar-refractivity contribution in [2.75, 3.05) is 18.4 Å². The number of fused-ring (bicyclic) bond motifs is 1. The molecule has 1 aliphatic carbocycles. The molecule has 0 bridgehead atoms. The van der Waals surface area contributed by atoms with Crippen LogP contribution in [0.2, 0.25) is 0 Å². The minimum absolute atomic E-state index is 0.00262. The van der Waals surface area contributed by atoms with Crippen molar-refractivity contribution in [3.8, 4) is 0 Å². The van der Waals surface area contributed by atoms with E-state index in [2.05, 4.69) is 22.6 Å². The fourth-order valence-electron chi connectivity index (χ4n) is 4.45. The Kier molecular flexibility index (Phi) is 4.68. The van der Waals surface area contributed by atoms with E-state index in [4.69, 9.17) is 0 Å². The summed E-state index contributed by atoms with van der Waals surface area (Å²) in [5.74, 6) is 0.636. The summed E-state index contributed by atoms with van der Waals surface area (Å²) < 4.78 is 41.3. The maximum Gasteiger partial charge on any atom is 0.410 e. The molecule has 5 nitrogen and oxygen atoms in total. The largest absolute Gasteiger partial charge is 0.410 e. The number of carbonyl (C=O) groups is 1. The zero-order chi connectivity index (χ0) is 19.2. The molecular formula is C19H25F3N4O. The van der Waals surface area contributed by atoms with Crippen molar-refractivity contribution in [2.24, 2.45) is 5.92 Å². The molecule has 1 amide bonds. The predicted octanol–water partition coefficient (Wildman–Crippen LogP) is 3.86. The summed E-state index contributed by atoms with van der Waals surface area (Å²) in [6.45, 7) is 2.95. The van der Waals surface area contributed by atoms with Gasteiger partial charge in [-0.1, -0.05) is 12.2 Å². The van der Waals surface area contributed by atoms with E-state index in [1.807, 2.05) is 4.90 Å². The first-order chi connectivity index (χ1) is 12.8. The molecule has 0 saturated carbocycles. The number of nitrogens with one attached hydrogen (secondary N) is 1. The Morgan fingerprint density at radius 1 is 1.30 bits per heavy atom. The summed E-state index contributed by atoms with van der Waals surface area (Å²) >= 11 is 0. The molecule has 148 valence electrons. The van der Waals surface area contributed by atoms with E-state index in [9.17, 15) is 18.0 Å². The van der Waals surface area contributed by atoms with Crippen LogP contribution < -0.4 is 5.32 Å². The second-order valence-electron chi connectivity index (χ2n) is 7.99. The number of hydrogen-bond donors (Lipinski definition) is 1. The second-order valence-corrected chi connectivity index (χ2v) is 7.99. The average molecular weight is 382 g/mol. The van der Waals surface area contributed by atoms with Gasteiger partial charge >= 0.3 is 6.18 Å². The lowest BCUT2D eigenvalue weighted by Crippen LogP contribution is -2.37. The van der Waals surface area contributed by atoms with Crippen LogP contribution in [0.4, 0.5) is 19.0 Å². The van der Waals surface area contributed by atoms with E-state index in [1.54, 1.807) is 13.0 Å². The predicted molar refractivity (Wildman–Crippen MR) is 95.4 cm³/mol. The Labute approximate surface area is 156 Å². The molecule has 3 aliphatic rings. The SMILES string of the molecule is C[C@@H]1C[C@H](C(F)(F)F)n2nc([C@H]3CCN(C(=O)[C@@H]4CC=CCC4)C3)cc2N1. The van der Waals surface area contributed by atoms with E-state index in [0.717, 1.165) is 30.4 Å². The van der Waals surface area contributed by atoms with Gasteiger partial charge in [0.2, 0.25) is 5.91 Å². The van der Waals surface area contributed by atoms with Crippen molar-refractivity contribution in [3.05, 3.63) is 23.9 Å². The molecule has 3 heterocycles. The monoisotopic (exact) mass is 382 g/mol. The van der Waals surface area contributed by atoms with Crippen molar-refractivity contribution in [2.45, 2.75) is 63.2 Å². The molecule has 8 heteroatoms. The van der Waals surface area contributed by atoms with Crippen molar-refractivity contribution in [1.29, 1.82) is 0 Å². The van der Waals surface area contributed by atoms with Gasteiger partial charge in [0, 0.05) is 37.0 Å². The molecule has 4 rings (SSSR count). The van der Waals surface area contributed by atoms with Gasteiger partial charge in [-0.25, -0.2) is 4.68 Å². The summed E-state index contributed by atoms with van der Waals surface area (Å²) in [6, 6.07) is -0.114. The number of likely N-dealkylation sites (tertiary alicyclic amines) is 1. The van der Waals surface area contributed by atoms with Crippen LogP contribution in [-0.4, -0.2) is 45.9 Å². The van der Waals surface area contributed by atoms with Gasteiger partial charge in [-0.05, 0) is 39.0 Å². The summed E-state index contributed by atoms with van der Waals surface area (Å²) in [5.41, 5.74) is 0.652. The number of anilines is 1. The minimum Gasteiger partial charge on any atom is -0.368 e. The van der Waals surface area contributed by atoms with Gasteiger partial charge in [-0.2, -0.15) is 18.3 Å². The first kappa shape index (κ1) is 18.4. The number of hydrogen-bond acceptors (Lipinski definition) is 3. The highest BCUT2D eigenvalue weighted by Crippen LogP contribution is 2.41. The number of rotatable bonds is 2. The smallest absolute Gasteiger partial charge is 0.368 e. The van der Waals surface area contributed by atoms with Gasteiger partial charge in [0.05, 0.1) is 5.69 Å². The fraction of sp³-hybridized carbons (Fsp3) is 0.684. The first-order valence-electron chi connectivity index (χ1n) is 9.69. The summed E-state index contributed by atoms with van der Waals surface area (Å²) in [6.07, 6.45) is 3.17. The van der Waals surface area contributed by atoms with E-state index in [0.29, 0.717) is 24.6 Å². The summed E-state index contributed by atoms with van der Waals surface area (Å²) in [7, 11) is 0. The van der Waals surface area contributed by atoms with Crippen LogP contribution in [0.1, 0.15) is 56.7 Å². The quantitative estimate of drug-likeness (QED) is 0.790. The van der Waals surface area contributed by atoms with Gasteiger partial charge in [-0.3, -0.25) is 4.79 Å². The van der Waals surface area contributed by atoms with Crippen molar-refractivity contribution < 1.29 is 18.0 Å². The van der Waals surface area contributed by atoms with Crippen LogP contribution in [0, 0.1) is 5.92 Å². The number of aromatic nitrogens is 2. The molecule has 0 radical (unpaired) electrons. The zero-order valence-electron chi connectivity index (χ0n) is 15.4. The molecule has 1 fully saturated rings. The van der Waals surface area contributed by atoms with Crippen molar-refractivity contribution >= 4 is 11.7 Å². The molecule has 1 N–H and O–H groups in total. The molecule has 1 aromatic rings.